The van der Waals surface area contributed by atoms with E-state index in [-0.39, 0.29) is 5.82 Å². The number of anilines is 1. The second-order valence-corrected chi connectivity index (χ2v) is 8.07. The third-order valence-corrected chi connectivity index (χ3v) is 5.91. The minimum atomic E-state index is -0.149. The van der Waals surface area contributed by atoms with Gasteiger partial charge in [0.05, 0.1) is 6.54 Å². The van der Waals surface area contributed by atoms with Crippen molar-refractivity contribution in [3.8, 4) is 0 Å². The van der Waals surface area contributed by atoms with Crippen LogP contribution >= 0.6 is 23.8 Å². The molecule has 0 aliphatic carbocycles. The van der Waals surface area contributed by atoms with Crippen molar-refractivity contribution in [2.75, 3.05) is 31.5 Å². The predicted molar refractivity (Wildman–Crippen MR) is 122 cm³/mol. The zero-order valence-corrected chi connectivity index (χ0v) is 18.0. The average molecular weight is 444 g/mol. The molecule has 0 unspecified atom stereocenters. The van der Waals surface area contributed by atoms with E-state index in [1.165, 1.54) is 6.07 Å². The van der Waals surface area contributed by atoms with Gasteiger partial charge < -0.3 is 10.2 Å². The van der Waals surface area contributed by atoms with Crippen LogP contribution in [0.15, 0.2) is 60.8 Å². The SMILES string of the molecule is Fc1ccccc1CN1CCN(C(=S)Nc2ccn(Cc3ccccc3Cl)n2)CC1. The molecule has 1 aromatic heterocycles. The van der Waals surface area contributed by atoms with Crippen LogP contribution < -0.4 is 5.32 Å². The number of halogens is 2. The van der Waals surface area contributed by atoms with Crippen LogP contribution in [0.3, 0.4) is 0 Å². The summed E-state index contributed by atoms with van der Waals surface area (Å²) in [6.07, 6.45) is 1.90. The van der Waals surface area contributed by atoms with E-state index in [9.17, 15) is 4.39 Å². The van der Waals surface area contributed by atoms with Crippen LogP contribution in [-0.4, -0.2) is 50.9 Å². The van der Waals surface area contributed by atoms with Crippen LogP contribution in [0, 0.1) is 5.82 Å². The van der Waals surface area contributed by atoms with Gasteiger partial charge in [-0.2, -0.15) is 5.10 Å². The number of rotatable bonds is 5. The average Bonchev–Trinajstić information content (AvgIpc) is 3.19. The summed E-state index contributed by atoms with van der Waals surface area (Å²) in [7, 11) is 0. The lowest BCUT2D eigenvalue weighted by atomic mass is 10.2. The van der Waals surface area contributed by atoms with Crippen molar-refractivity contribution >= 4 is 34.7 Å². The van der Waals surface area contributed by atoms with Gasteiger partial charge in [0.2, 0.25) is 0 Å². The lowest BCUT2D eigenvalue weighted by Gasteiger charge is -2.36. The molecule has 0 radical (unpaired) electrons. The molecule has 2 aromatic carbocycles. The summed E-state index contributed by atoms with van der Waals surface area (Å²) in [5.41, 5.74) is 1.75. The van der Waals surface area contributed by atoms with Crippen LogP contribution in [0.2, 0.25) is 5.02 Å². The summed E-state index contributed by atoms with van der Waals surface area (Å²) in [6.45, 7) is 4.46. The molecule has 0 atom stereocenters. The van der Waals surface area contributed by atoms with E-state index in [0.717, 1.165) is 42.3 Å². The Kier molecular flexibility index (Phi) is 6.62. The van der Waals surface area contributed by atoms with Crippen molar-refractivity contribution in [3.63, 3.8) is 0 Å². The van der Waals surface area contributed by atoms with Gasteiger partial charge >= 0.3 is 0 Å². The second-order valence-electron chi connectivity index (χ2n) is 7.27. The van der Waals surface area contributed by atoms with E-state index in [1.807, 2.05) is 53.3 Å². The van der Waals surface area contributed by atoms with Crippen molar-refractivity contribution in [2.24, 2.45) is 0 Å². The van der Waals surface area contributed by atoms with Crippen LogP contribution in [0.4, 0.5) is 10.2 Å². The molecule has 0 bridgehead atoms. The molecular formula is C22H23ClFN5S. The smallest absolute Gasteiger partial charge is 0.174 e. The van der Waals surface area contributed by atoms with Gasteiger partial charge in [-0.25, -0.2) is 4.39 Å². The number of piperazine rings is 1. The van der Waals surface area contributed by atoms with Crippen LogP contribution in [0.1, 0.15) is 11.1 Å². The molecule has 156 valence electrons. The van der Waals surface area contributed by atoms with E-state index in [4.69, 9.17) is 23.8 Å². The van der Waals surface area contributed by atoms with Gasteiger partial charge in [-0.15, -0.1) is 0 Å². The fourth-order valence-corrected chi connectivity index (χ4v) is 3.97. The fraction of sp³-hybridized carbons (Fsp3) is 0.273. The summed E-state index contributed by atoms with van der Waals surface area (Å²) in [4.78, 5) is 4.37. The zero-order valence-electron chi connectivity index (χ0n) is 16.5. The number of thiocarbonyl (C=S) groups is 1. The number of nitrogens with one attached hydrogen (secondary N) is 1. The van der Waals surface area contributed by atoms with Crippen molar-refractivity contribution in [1.29, 1.82) is 0 Å². The molecule has 5 nitrogen and oxygen atoms in total. The van der Waals surface area contributed by atoms with Gasteiger partial charge in [0.15, 0.2) is 10.9 Å². The summed E-state index contributed by atoms with van der Waals surface area (Å²) in [5, 5.41) is 9.15. The molecule has 2 heterocycles. The second kappa shape index (κ2) is 9.55. The van der Waals surface area contributed by atoms with Crippen LogP contribution in [0.5, 0.6) is 0 Å². The molecule has 30 heavy (non-hydrogen) atoms. The number of hydrogen-bond acceptors (Lipinski definition) is 3. The Hall–Kier alpha value is -2.48. The lowest BCUT2D eigenvalue weighted by Crippen LogP contribution is -2.49. The largest absolute Gasteiger partial charge is 0.346 e. The van der Waals surface area contributed by atoms with Crippen LogP contribution in [0.25, 0.3) is 0 Å². The van der Waals surface area contributed by atoms with E-state index in [0.29, 0.717) is 24.0 Å². The highest BCUT2D eigenvalue weighted by atomic mass is 35.5. The zero-order chi connectivity index (χ0) is 20.9. The van der Waals surface area contributed by atoms with Gasteiger partial charge in [-0.3, -0.25) is 9.58 Å². The molecule has 1 saturated heterocycles. The quantitative estimate of drug-likeness (QED) is 0.597. The predicted octanol–water partition coefficient (Wildman–Crippen LogP) is 4.24. The fourth-order valence-electron chi connectivity index (χ4n) is 3.48. The van der Waals surface area contributed by atoms with Gasteiger partial charge in [0.1, 0.15) is 5.82 Å². The topological polar surface area (TPSA) is 36.3 Å². The third kappa shape index (κ3) is 5.16. The first kappa shape index (κ1) is 20.8. The molecule has 4 rings (SSSR count). The lowest BCUT2D eigenvalue weighted by molar-refractivity contribution is 0.175. The first-order valence-corrected chi connectivity index (χ1v) is 10.7. The highest BCUT2D eigenvalue weighted by molar-refractivity contribution is 7.80. The first-order valence-electron chi connectivity index (χ1n) is 9.87. The third-order valence-electron chi connectivity index (χ3n) is 5.18. The van der Waals surface area contributed by atoms with E-state index >= 15 is 0 Å². The molecule has 0 amide bonds. The molecule has 1 aliphatic heterocycles. The summed E-state index contributed by atoms with van der Waals surface area (Å²) in [6, 6.07) is 16.6. The van der Waals surface area contributed by atoms with Gasteiger partial charge in [-0.1, -0.05) is 48.0 Å². The molecule has 0 spiro atoms. The Morgan fingerprint density at radius 3 is 2.40 bits per heavy atom. The van der Waals surface area contributed by atoms with Crippen molar-refractivity contribution < 1.29 is 4.39 Å². The van der Waals surface area contributed by atoms with Gasteiger partial charge in [-0.05, 0) is 29.9 Å². The Bertz CT molecular complexity index is 1020. The first-order chi connectivity index (χ1) is 14.6. The highest BCUT2D eigenvalue weighted by Crippen LogP contribution is 2.17. The van der Waals surface area contributed by atoms with E-state index < -0.39 is 0 Å². The summed E-state index contributed by atoms with van der Waals surface area (Å²) < 4.78 is 15.7. The highest BCUT2D eigenvalue weighted by Gasteiger charge is 2.20. The van der Waals surface area contributed by atoms with Crippen molar-refractivity contribution in [1.82, 2.24) is 19.6 Å². The molecule has 1 aliphatic rings. The molecule has 3 aromatic rings. The Morgan fingerprint density at radius 2 is 1.67 bits per heavy atom. The molecule has 8 heteroatoms. The van der Waals surface area contributed by atoms with Crippen molar-refractivity contribution in [3.05, 3.63) is 82.8 Å². The molecule has 1 fully saturated rings. The Balaban J connectivity index is 1.28. The normalized spacial score (nSPS) is 14.7. The van der Waals surface area contributed by atoms with E-state index in [1.54, 1.807) is 6.07 Å². The molecule has 1 N–H and O–H groups in total. The maximum Gasteiger partial charge on any atom is 0.174 e. The van der Waals surface area contributed by atoms with Crippen LogP contribution in [-0.2, 0) is 13.1 Å². The number of nitrogens with zero attached hydrogens (tertiary/aromatic N) is 4. The monoisotopic (exact) mass is 443 g/mol. The minimum absolute atomic E-state index is 0.149. The maximum atomic E-state index is 13.9. The molecule has 0 saturated carbocycles. The maximum absolute atomic E-state index is 13.9. The van der Waals surface area contributed by atoms with Gasteiger partial charge in [0, 0.05) is 55.6 Å². The minimum Gasteiger partial charge on any atom is -0.346 e. The van der Waals surface area contributed by atoms with E-state index in [2.05, 4.69) is 20.2 Å². The Labute approximate surface area is 186 Å². The standard InChI is InChI=1S/C22H23ClFN5S/c23-19-7-3-1-5-17(19)16-29-10-9-21(26-29)25-22(30)28-13-11-27(12-14-28)15-18-6-2-4-8-20(18)24/h1-10H,11-16H2,(H,25,26,30). The van der Waals surface area contributed by atoms with Crippen molar-refractivity contribution in [2.45, 2.75) is 13.1 Å². The van der Waals surface area contributed by atoms with Gasteiger partial charge in [0.25, 0.3) is 0 Å². The number of aromatic nitrogens is 2. The summed E-state index contributed by atoms with van der Waals surface area (Å²) in [5.74, 6) is 0.560. The molecular weight excluding hydrogens is 421 g/mol. The Morgan fingerprint density at radius 1 is 0.967 bits per heavy atom. The number of benzene rings is 2. The summed E-state index contributed by atoms with van der Waals surface area (Å²) >= 11 is 11.8. The number of hydrogen-bond donors (Lipinski definition) is 1.